The first-order chi connectivity index (χ1) is 9.67. The van der Waals surface area contributed by atoms with Crippen molar-refractivity contribution in [2.24, 2.45) is 29.4 Å². The SMILES string of the molecule is CC(C)n1ncc(CN)c1C1C2CC3CC(C2)CC1C3. The highest BCUT2D eigenvalue weighted by molar-refractivity contribution is 5.26. The molecule has 0 atom stereocenters. The van der Waals surface area contributed by atoms with Crippen molar-refractivity contribution in [2.45, 2.75) is 64.5 Å². The highest BCUT2D eigenvalue weighted by Gasteiger charge is 2.50. The number of hydrogen-bond acceptors (Lipinski definition) is 2. The molecular formula is C17H27N3. The summed E-state index contributed by atoms with van der Waals surface area (Å²) in [5.74, 6) is 4.62. The van der Waals surface area contributed by atoms with Crippen LogP contribution in [0.2, 0.25) is 0 Å². The van der Waals surface area contributed by atoms with E-state index < -0.39 is 0 Å². The van der Waals surface area contributed by atoms with E-state index in [4.69, 9.17) is 5.73 Å². The Hall–Kier alpha value is -0.830. The molecule has 0 radical (unpaired) electrons. The summed E-state index contributed by atoms with van der Waals surface area (Å²) in [6.07, 6.45) is 9.40. The van der Waals surface area contributed by atoms with Gasteiger partial charge in [0.15, 0.2) is 0 Å². The van der Waals surface area contributed by atoms with E-state index in [0.29, 0.717) is 12.6 Å². The number of aromatic nitrogens is 2. The van der Waals surface area contributed by atoms with Gasteiger partial charge in [-0.05, 0) is 69.6 Å². The number of hydrogen-bond donors (Lipinski definition) is 1. The normalized spacial score (nSPS) is 38.9. The van der Waals surface area contributed by atoms with Crippen LogP contribution >= 0.6 is 0 Å². The molecule has 3 nitrogen and oxygen atoms in total. The number of rotatable bonds is 3. The predicted octanol–water partition coefficient (Wildman–Crippen LogP) is 3.46. The fourth-order valence-electron chi connectivity index (χ4n) is 5.71. The maximum atomic E-state index is 6.00. The average Bonchev–Trinajstić information content (AvgIpc) is 2.81. The van der Waals surface area contributed by atoms with Crippen molar-refractivity contribution in [3.05, 3.63) is 17.5 Å². The second-order valence-electron chi connectivity index (χ2n) is 7.75. The first-order valence-electron chi connectivity index (χ1n) is 8.43. The summed E-state index contributed by atoms with van der Waals surface area (Å²) in [5, 5.41) is 4.66. The molecule has 4 fully saturated rings. The molecule has 1 heterocycles. The summed E-state index contributed by atoms with van der Waals surface area (Å²) in [5.41, 5.74) is 8.80. The summed E-state index contributed by atoms with van der Waals surface area (Å²) in [4.78, 5) is 0. The highest BCUT2D eigenvalue weighted by atomic mass is 15.3. The van der Waals surface area contributed by atoms with E-state index in [-0.39, 0.29) is 0 Å². The van der Waals surface area contributed by atoms with Crippen LogP contribution < -0.4 is 5.73 Å². The van der Waals surface area contributed by atoms with Gasteiger partial charge in [0.25, 0.3) is 0 Å². The molecule has 1 aromatic heterocycles. The topological polar surface area (TPSA) is 43.8 Å². The third kappa shape index (κ3) is 1.78. The standard InChI is InChI=1S/C17H27N3/c1-10(2)20-17(15(8-18)9-19-20)16-13-4-11-3-12(6-13)7-14(16)5-11/h9-14,16H,3-8,18H2,1-2H3. The van der Waals surface area contributed by atoms with Crippen LogP contribution in [0.15, 0.2) is 6.20 Å². The third-order valence-corrected chi connectivity index (χ3v) is 6.17. The van der Waals surface area contributed by atoms with Crippen LogP contribution in [0, 0.1) is 23.7 Å². The van der Waals surface area contributed by atoms with Crippen LogP contribution in [0.5, 0.6) is 0 Å². The van der Waals surface area contributed by atoms with Gasteiger partial charge in [0.05, 0.1) is 6.20 Å². The minimum atomic E-state index is 0.447. The molecule has 20 heavy (non-hydrogen) atoms. The lowest BCUT2D eigenvalue weighted by Crippen LogP contribution is -2.44. The third-order valence-electron chi connectivity index (χ3n) is 6.17. The maximum absolute atomic E-state index is 6.00. The molecule has 0 unspecified atom stereocenters. The van der Waals surface area contributed by atoms with Gasteiger partial charge >= 0.3 is 0 Å². The maximum Gasteiger partial charge on any atom is 0.0537 e. The molecule has 4 bridgehead atoms. The van der Waals surface area contributed by atoms with Crippen molar-refractivity contribution in [1.82, 2.24) is 9.78 Å². The Balaban J connectivity index is 1.75. The van der Waals surface area contributed by atoms with Crippen molar-refractivity contribution in [2.75, 3.05) is 0 Å². The molecule has 0 spiro atoms. The molecule has 1 aromatic rings. The quantitative estimate of drug-likeness (QED) is 0.916. The fourth-order valence-corrected chi connectivity index (χ4v) is 5.71. The second kappa shape index (κ2) is 4.59. The summed E-state index contributed by atoms with van der Waals surface area (Å²) in [7, 11) is 0. The Morgan fingerprint density at radius 1 is 1.15 bits per heavy atom. The molecule has 0 saturated heterocycles. The van der Waals surface area contributed by atoms with Gasteiger partial charge in [0.2, 0.25) is 0 Å². The highest BCUT2D eigenvalue weighted by Crippen LogP contribution is 2.60. The van der Waals surface area contributed by atoms with Gasteiger partial charge in [-0.3, -0.25) is 4.68 Å². The van der Waals surface area contributed by atoms with Crippen molar-refractivity contribution < 1.29 is 0 Å². The van der Waals surface area contributed by atoms with Gasteiger partial charge in [-0.25, -0.2) is 0 Å². The van der Waals surface area contributed by atoms with Crippen LogP contribution in [-0.4, -0.2) is 9.78 Å². The fraction of sp³-hybridized carbons (Fsp3) is 0.824. The predicted molar refractivity (Wildman–Crippen MR) is 80.3 cm³/mol. The van der Waals surface area contributed by atoms with Gasteiger partial charge in [0, 0.05) is 29.8 Å². The van der Waals surface area contributed by atoms with Crippen LogP contribution in [-0.2, 0) is 6.54 Å². The lowest BCUT2D eigenvalue weighted by atomic mass is 9.51. The summed E-state index contributed by atoms with van der Waals surface area (Å²) in [6.45, 7) is 5.13. The summed E-state index contributed by atoms with van der Waals surface area (Å²) >= 11 is 0. The molecule has 4 saturated carbocycles. The van der Waals surface area contributed by atoms with Crippen LogP contribution in [0.3, 0.4) is 0 Å². The molecule has 0 aromatic carbocycles. The molecule has 110 valence electrons. The number of nitrogens with zero attached hydrogens (tertiary/aromatic N) is 2. The van der Waals surface area contributed by atoms with Crippen LogP contribution in [0.4, 0.5) is 0 Å². The lowest BCUT2D eigenvalue weighted by Gasteiger charge is -2.54. The number of nitrogens with two attached hydrogens (primary N) is 1. The first kappa shape index (κ1) is 12.9. The Bertz CT molecular complexity index is 474. The summed E-state index contributed by atoms with van der Waals surface area (Å²) in [6, 6.07) is 0.447. The van der Waals surface area contributed by atoms with E-state index in [0.717, 1.165) is 29.6 Å². The molecule has 4 aliphatic rings. The van der Waals surface area contributed by atoms with Gasteiger partial charge in [-0.1, -0.05) is 0 Å². The van der Waals surface area contributed by atoms with E-state index in [1.165, 1.54) is 43.4 Å². The molecule has 5 rings (SSSR count). The summed E-state index contributed by atoms with van der Waals surface area (Å²) < 4.78 is 2.27. The van der Waals surface area contributed by atoms with E-state index in [1.54, 1.807) is 0 Å². The van der Waals surface area contributed by atoms with Crippen LogP contribution in [0.1, 0.15) is 69.2 Å². The van der Waals surface area contributed by atoms with Crippen molar-refractivity contribution in [1.29, 1.82) is 0 Å². The zero-order valence-corrected chi connectivity index (χ0v) is 12.8. The Morgan fingerprint density at radius 3 is 2.25 bits per heavy atom. The van der Waals surface area contributed by atoms with Gasteiger partial charge in [-0.15, -0.1) is 0 Å². The van der Waals surface area contributed by atoms with Crippen molar-refractivity contribution in [3.63, 3.8) is 0 Å². The molecule has 0 amide bonds. The second-order valence-corrected chi connectivity index (χ2v) is 7.75. The minimum Gasteiger partial charge on any atom is -0.326 e. The molecule has 3 heteroatoms. The van der Waals surface area contributed by atoms with E-state index in [2.05, 4.69) is 23.6 Å². The Labute approximate surface area is 121 Å². The molecule has 0 aliphatic heterocycles. The van der Waals surface area contributed by atoms with Crippen LogP contribution in [0.25, 0.3) is 0 Å². The van der Waals surface area contributed by atoms with Crippen molar-refractivity contribution >= 4 is 0 Å². The van der Waals surface area contributed by atoms with E-state index in [9.17, 15) is 0 Å². The molecule has 2 N–H and O–H groups in total. The monoisotopic (exact) mass is 273 g/mol. The Morgan fingerprint density at radius 2 is 1.75 bits per heavy atom. The van der Waals surface area contributed by atoms with Gasteiger partial charge in [0.1, 0.15) is 0 Å². The zero-order chi connectivity index (χ0) is 13.9. The minimum absolute atomic E-state index is 0.447. The van der Waals surface area contributed by atoms with Gasteiger partial charge in [-0.2, -0.15) is 5.10 Å². The average molecular weight is 273 g/mol. The molecular weight excluding hydrogens is 246 g/mol. The largest absolute Gasteiger partial charge is 0.326 e. The molecule has 4 aliphatic carbocycles. The van der Waals surface area contributed by atoms with E-state index >= 15 is 0 Å². The first-order valence-corrected chi connectivity index (χ1v) is 8.43. The van der Waals surface area contributed by atoms with Crippen molar-refractivity contribution in [3.8, 4) is 0 Å². The van der Waals surface area contributed by atoms with Gasteiger partial charge < -0.3 is 5.73 Å². The Kier molecular flexibility index (Phi) is 2.95. The lowest BCUT2D eigenvalue weighted by molar-refractivity contribution is -0.00622. The van der Waals surface area contributed by atoms with E-state index in [1.807, 2.05) is 6.20 Å². The zero-order valence-electron chi connectivity index (χ0n) is 12.8. The smallest absolute Gasteiger partial charge is 0.0537 e.